The molecular formula is C18H20N2O4. The van der Waals surface area contributed by atoms with E-state index in [2.05, 4.69) is 29.0 Å². The van der Waals surface area contributed by atoms with E-state index in [0.717, 1.165) is 0 Å². The number of aliphatic hydroxyl groups is 1. The quantitative estimate of drug-likeness (QED) is 0.596. The molecule has 0 fully saturated rings. The second-order valence-electron chi connectivity index (χ2n) is 5.84. The van der Waals surface area contributed by atoms with Crippen molar-refractivity contribution in [3.05, 3.63) is 35.4 Å². The summed E-state index contributed by atoms with van der Waals surface area (Å²) in [5.41, 5.74) is 5.61. The molecular weight excluding hydrogens is 308 g/mol. The van der Waals surface area contributed by atoms with Gasteiger partial charge in [0.15, 0.2) is 0 Å². The Bertz CT molecular complexity index is 723. The molecule has 0 saturated carbocycles. The van der Waals surface area contributed by atoms with Gasteiger partial charge in [0.25, 0.3) is 5.91 Å². The SMILES string of the molecule is CC(O)C#CC#Cc1ccc(C(=O)NC(C(=O)O)C(C)(C)N)cc1. The topological polar surface area (TPSA) is 113 Å². The van der Waals surface area contributed by atoms with Crippen molar-refractivity contribution in [1.82, 2.24) is 5.32 Å². The monoisotopic (exact) mass is 328 g/mol. The smallest absolute Gasteiger partial charge is 0.328 e. The van der Waals surface area contributed by atoms with Crippen molar-refractivity contribution in [3.8, 4) is 23.7 Å². The fourth-order valence-corrected chi connectivity index (χ4v) is 1.73. The van der Waals surface area contributed by atoms with Gasteiger partial charge in [0.05, 0.1) is 0 Å². The lowest BCUT2D eigenvalue weighted by Gasteiger charge is -2.27. The molecule has 0 heterocycles. The van der Waals surface area contributed by atoms with Gasteiger partial charge in [-0.1, -0.05) is 11.8 Å². The number of carbonyl (C=O) groups excluding carboxylic acids is 1. The van der Waals surface area contributed by atoms with E-state index in [-0.39, 0.29) is 0 Å². The summed E-state index contributed by atoms with van der Waals surface area (Å²) >= 11 is 0. The highest BCUT2D eigenvalue weighted by atomic mass is 16.4. The third kappa shape index (κ3) is 6.13. The van der Waals surface area contributed by atoms with Gasteiger partial charge >= 0.3 is 5.97 Å². The third-order valence-electron chi connectivity index (χ3n) is 2.96. The van der Waals surface area contributed by atoms with Crippen LogP contribution in [0.5, 0.6) is 0 Å². The van der Waals surface area contributed by atoms with Gasteiger partial charge in [0, 0.05) is 16.7 Å². The van der Waals surface area contributed by atoms with E-state index in [1.165, 1.54) is 32.9 Å². The predicted octanol–water partition coefficient (Wildman–Crippen LogP) is 0.343. The lowest BCUT2D eigenvalue weighted by atomic mass is 9.95. The highest BCUT2D eigenvalue weighted by Crippen LogP contribution is 2.08. The van der Waals surface area contributed by atoms with Gasteiger partial charge in [-0.25, -0.2) is 4.79 Å². The number of aliphatic hydroxyl groups excluding tert-OH is 1. The molecule has 1 amide bonds. The van der Waals surface area contributed by atoms with Crippen LogP contribution in [0.3, 0.4) is 0 Å². The minimum Gasteiger partial charge on any atom is -0.480 e. The number of amides is 1. The van der Waals surface area contributed by atoms with Gasteiger partial charge in [0.2, 0.25) is 0 Å². The molecule has 0 saturated heterocycles. The zero-order valence-corrected chi connectivity index (χ0v) is 13.8. The normalized spacial score (nSPS) is 12.7. The van der Waals surface area contributed by atoms with Crippen molar-refractivity contribution in [2.75, 3.05) is 0 Å². The summed E-state index contributed by atoms with van der Waals surface area (Å²) in [5.74, 6) is 8.62. The molecule has 0 spiro atoms. The molecule has 24 heavy (non-hydrogen) atoms. The number of nitrogens with two attached hydrogens (primary N) is 1. The molecule has 0 aliphatic rings. The summed E-state index contributed by atoms with van der Waals surface area (Å²) in [4.78, 5) is 23.4. The number of carbonyl (C=O) groups is 2. The summed E-state index contributed by atoms with van der Waals surface area (Å²) in [6, 6.07) is 5.10. The molecule has 0 bridgehead atoms. The molecule has 1 rings (SSSR count). The van der Waals surface area contributed by atoms with E-state index in [4.69, 9.17) is 15.9 Å². The molecule has 2 unspecified atom stereocenters. The largest absolute Gasteiger partial charge is 0.480 e. The molecule has 0 radical (unpaired) electrons. The number of hydrogen-bond acceptors (Lipinski definition) is 4. The Kier molecular flexibility index (Phi) is 6.55. The summed E-state index contributed by atoms with van der Waals surface area (Å²) in [6.45, 7) is 4.59. The highest BCUT2D eigenvalue weighted by Gasteiger charge is 2.33. The molecule has 0 aliphatic heterocycles. The van der Waals surface area contributed by atoms with E-state index in [9.17, 15) is 9.59 Å². The first-order chi connectivity index (χ1) is 11.1. The summed E-state index contributed by atoms with van der Waals surface area (Å²) in [6.07, 6.45) is -0.737. The average molecular weight is 328 g/mol. The molecule has 5 N–H and O–H groups in total. The van der Waals surface area contributed by atoms with Crippen LogP contribution in [0.1, 0.15) is 36.7 Å². The second kappa shape index (κ2) is 8.16. The standard InChI is InChI=1S/C18H20N2O4/c1-12(21)6-4-5-7-13-8-10-14(11-9-13)16(22)20-15(17(23)24)18(2,3)19/h8-12,15,21H,19H2,1-3H3,(H,20,22)(H,23,24). The number of aliphatic carboxylic acids is 1. The molecule has 1 aromatic carbocycles. The number of carboxylic acids is 1. The lowest BCUT2D eigenvalue weighted by molar-refractivity contribution is -0.140. The number of hydrogen-bond donors (Lipinski definition) is 4. The third-order valence-corrected chi connectivity index (χ3v) is 2.96. The van der Waals surface area contributed by atoms with Crippen LogP contribution in [-0.4, -0.2) is 39.8 Å². The van der Waals surface area contributed by atoms with E-state index < -0.39 is 29.6 Å². The molecule has 0 aromatic heterocycles. The molecule has 1 aromatic rings. The van der Waals surface area contributed by atoms with Crippen LogP contribution < -0.4 is 11.1 Å². The number of carboxylic acid groups (broad SMARTS) is 1. The Morgan fingerprint density at radius 1 is 1.21 bits per heavy atom. The number of benzene rings is 1. The van der Waals surface area contributed by atoms with Gasteiger partial charge in [-0.2, -0.15) is 0 Å². The van der Waals surface area contributed by atoms with E-state index in [1.54, 1.807) is 12.1 Å². The maximum absolute atomic E-state index is 12.1. The van der Waals surface area contributed by atoms with Crippen molar-refractivity contribution >= 4 is 11.9 Å². The first kappa shape index (κ1) is 19.2. The minimum absolute atomic E-state index is 0.297. The summed E-state index contributed by atoms with van der Waals surface area (Å²) in [7, 11) is 0. The van der Waals surface area contributed by atoms with Crippen LogP contribution in [0.4, 0.5) is 0 Å². The van der Waals surface area contributed by atoms with Crippen molar-refractivity contribution < 1.29 is 19.8 Å². The number of nitrogens with one attached hydrogen (secondary N) is 1. The molecule has 0 aliphatic carbocycles. The fourth-order valence-electron chi connectivity index (χ4n) is 1.73. The van der Waals surface area contributed by atoms with Crippen molar-refractivity contribution in [2.45, 2.75) is 38.5 Å². The van der Waals surface area contributed by atoms with Crippen LogP contribution in [0.2, 0.25) is 0 Å². The first-order valence-corrected chi connectivity index (χ1v) is 7.23. The van der Waals surface area contributed by atoms with Crippen molar-refractivity contribution in [2.24, 2.45) is 5.73 Å². The van der Waals surface area contributed by atoms with Crippen LogP contribution in [0.15, 0.2) is 24.3 Å². The Morgan fingerprint density at radius 2 is 1.79 bits per heavy atom. The lowest BCUT2D eigenvalue weighted by Crippen LogP contribution is -2.58. The van der Waals surface area contributed by atoms with E-state index >= 15 is 0 Å². The molecule has 6 heteroatoms. The fraction of sp³-hybridized carbons (Fsp3) is 0.333. The first-order valence-electron chi connectivity index (χ1n) is 7.23. The Balaban J connectivity index is 2.84. The Hall–Kier alpha value is -2.80. The van der Waals surface area contributed by atoms with Gasteiger partial charge in [0.1, 0.15) is 12.1 Å². The predicted molar refractivity (Wildman–Crippen MR) is 89.9 cm³/mol. The van der Waals surface area contributed by atoms with E-state index in [0.29, 0.717) is 11.1 Å². The van der Waals surface area contributed by atoms with Crippen molar-refractivity contribution in [3.63, 3.8) is 0 Å². The van der Waals surface area contributed by atoms with Gasteiger partial charge in [-0.05, 0) is 56.9 Å². The van der Waals surface area contributed by atoms with Crippen LogP contribution in [0.25, 0.3) is 0 Å². The average Bonchev–Trinajstić information content (AvgIpc) is 2.48. The van der Waals surface area contributed by atoms with Gasteiger partial charge < -0.3 is 21.3 Å². The van der Waals surface area contributed by atoms with Crippen molar-refractivity contribution in [1.29, 1.82) is 0 Å². The maximum Gasteiger partial charge on any atom is 0.328 e. The van der Waals surface area contributed by atoms with Crippen LogP contribution >= 0.6 is 0 Å². The molecule has 6 nitrogen and oxygen atoms in total. The molecule has 2 atom stereocenters. The van der Waals surface area contributed by atoms with Crippen LogP contribution in [0, 0.1) is 23.7 Å². The summed E-state index contributed by atoms with van der Waals surface area (Å²) < 4.78 is 0. The van der Waals surface area contributed by atoms with E-state index in [1.807, 2.05) is 0 Å². The van der Waals surface area contributed by atoms with Crippen LogP contribution in [-0.2, 0) is 4.79 Å². The van der Waals surface area contributed by atoms with Gasteiger partial charge in [-0.3, -0.25) is 4.79 Å². The molecule has 126 valence electrons. The Morgan fingerprint density at radius 3 is 2.25 bits per heavy atom. The zero-order chi connectivity index (χ0) is 18.3. The highest BCUT2D eigenvalue weighted by molar-refractivity contribution is 5.97. The second-order valence-corrected chi connectivity index (χ2v) is 5.84. The number of rotatable bonds is 4. The zero-order valence-electron chi connectivity index (χ0n) is 13.8. The Labute approximate surface area is 141 Å². The van der Waals surface area contributed by atoms with Gasteiger partial charge in [-0.15, -0.1) is 0 Å². The maximum atomic E-state index is 12.1. The minimum atomic E-state index is -1.21. The summed E-state index contributed by atoms with van der Waals surface area (Å²) in [5, 5.41) is 20.6.